The first-order valence-electron chi connectivity index (χ1n) is 11.1. The van der Waals surface area contributed by atoms with Crippen molar-refractivity contribution in [2.45, 2.75) is 37.1 Å². The lowest BCUT2D eigenvalue weighted by molar-refractivity contribution is -0.133. The molecule has 0 radical (unpaired) electrons. The molecule has 36 heavy (non-hydrogen) atoms. The third-order valence-electron chi connectivity index (χ3n) is 6.20. The highest BCUT2D eigenvalue weighted by Gasteiger charge is 2.54. The number of fused-ring (bicyclic) bond motifs is 2. The van der Waals surface area contributed by atoms with Crippen molar-refractivity contribution in [3.8, 4) is 0 Å². The van der Waals surface area contributed by atoms with Gasteiger partial charge < -0.3 is 10.5 Å². The van der Waals surface area contributed by atoms with E-state index in [4.69, 9.17) is 0 Å². The normalized spacial score (nSPS) is 22.9. The van der Waals surface area contributed by atoms with Crippen LogP contribution in [-0.2, 0) is 30.4 Å². The predicted molar refractivity (Wildman–Crippen MR) is 133 cm³/mol. The molecule has 1 heterocycles. The van der Waals surface area contributed by atoms with Crippen molar-refractivity contribution in [2.75, 3.05) is 16.3 Å². The van der Waals surface area contributed by atoms with E-state index in [-0.39, 0.29) is 40.0 Å². The van der Waals surface area contributed by atoms with Crippen molar-refractivity contribution < 1.29 is 31.6 Å². The Morgan fingerprint density at radius 2 is 1.86 bits per heavy atom. The van der Waals surface area contributed by atoms with E-state index in [0.717, 1.165) is 12.3 Å². The van der Waals surface area contributed by atoms with Gasteiger partial charge in [-0.25, -0.2) is 8.42 Å². The molecule has 0 saturated heterocycles. The lowest BCUT2D eigenvalue weighted by Crippen LogP contribution is -2.58. The van der Waals surface area contributed by atoms with Gasteiger partial charge in [-0.1, -0.05) is 38.1 Å². The second kappa shape index (κ2) is 9.07. The maximum absolute atomic E-state index is 13.9. The second-order valence-corrected chi connectivity index (χ2v) is 12.6. The minimum atomic E-state index is -4.41. The van der Waals surface area contributed by atoms with E-state index in [9.17, 15) is 31.6 Å². The molecule has 0 bridgehead atoms. The summed E-state index contributed by atoms with van der Waals surface area (Å²) in [6.45, 7) is 3.91. The molecule has 4 N–H and O–H groups in total. The number of nitrogens with zero attached hydrogens (tertiary/aromatic N) is 1. The molecule has 11 nitrogen and oxygen atoms in total. The Morgan fingerprint density at radius 3 is 2.50 bits per heavy atom. The molecule has 0 amide bonds. The number of sulfonamides is 2. The predicted octanol–water partition coefficient (Wildman–Crippen LogP) is 2.26. The van der Waals surface area contributed by atoms with Gasteiger partial charge in [0.2, 0.25) is 10.0 Å². The summed E-state index contributed by atoms with van der Waals surface area (Å²) in [6.07, 6.45) is 1.62. The van der Waals surface area contributed by atoms with Crippen LogP contribution in [0.4, 0.5) is 11.4 Å². The summed E-state index contributed by atoms with van der Waals surface area (Å²) in [5, 5.41) is 13.0. The topological polar surface area (TPSA) is 171 Å². The number of carbonyl (C=O) groups excluding carboxylic acids is 2. The van der Waals surface area contributed by atoms with Gasteiger partial charge in [0.15, 0.2) is 11.6 Å². The van der Waals surface area contributed by atoms with Crippen molar-refractivity contribution in [3.05, 3.63) is 53.6 Å². The van der Waals surface area contributed by atoms with Gasteiger partial charge in [0.25, 0.3) is 10.0 Å². The highest BCUT2D eigenvalue weighted by atomic mass is 32.2. The maximum atomic E-state index is 13.9. The van der Waals surface area contributed by atoms with Crippen LogP contribution in [0.15, 0.2) is 51.8 Å². The van der Waals surface area contributed by atoms with E-state index in [1.165, 1.54) is 18.2 Å². The fraction of sp³-hybridized carbons (Fsp3) is 0.348. The summed E-state index contributed by atoms with van der Waals surface area (Å²) in [5.74, 6) is -3.21. The zero-order valence-corrected chi connectivity index (χ0v) is 21.4. The number of rotatable bonds is 7. The first-order chi connectivity index (χ1) is 16.8. The third-order valence-corrected chi connectivity index (χ3v) is 8.14. The van der Waals surface area contributed by atoms with E-state index in [1.807, 2.05) is 13.8 Å². The van der Waals surface area contributed by atoms with Crippen LogP contribution in [0.2, 0.25) is 0 Å². The fourth-order valence-corrected chi connectivity index (χ4v) is 6.22. The standard InChI is InChI=1S/C23H26N4O7S2/c1-13(2)10-11-23(27-30)16-7-5-4-6-15(16)20(28)19(21(23)29)22-24-17-9-8-14(25-35(3,31)32)12-18(17)36(33,34)26-22/h4-9,12-13,19,25,27,30H,10-11H2,1-3H3,(H,24,26). The SMILES string of the molecule is CC(C)CCC1(NO)C(=O)C(C2=NS(=O)(=O)c3cc(NS(C)(=O)=O)ccc3N2)C(=O)c2ccccc21. The van der Waals surface area contributed by atoms with Gasteiger partial charge in [0.1, 0.15) is 22.2 Å². The number of Topliss-reactive ketones (excluding diaryl/α,β-unsaturated/α-hetero) is 2. The van der Waals surface area contributed by atoms with Crippen LogP contribution in [0.5, 0.6) is 0 Å². The lowest BCUT2D eigenvalue weighted by Gasteiger charge is -2.40. The number of anilines is 2. The minimum Gasteiger partial charge on any atom is -0.341 e. The van der Waals surface area contributed by atoms with Crippen molar-refractivity contribution >= 4 is 48.8 Å². The van der Waals surface area contributed by atoms with Crippen LogP contribution in [0.25, 0.3) is 0 Å². The molecule has 1 aliphatic heterocycles. The first-order valence-corrected chi connectivity index (χ1v) is 14.5. The highest BCUT2D eigenvalue weighted by molar-refractivity contribution is 7.92. The van der Waals surface area contributed by atoms with E-state index in [1.54, 1.807) is 18.2 Å². The van der Waals surface area contributed by atoms with Crippen LogP contribution < -0.4 is 15.5 Å². The molecule has 0 saturated carbocycles. The molecular formula is C23H26N4O7S2. The van der Waals surface area contributed by atoms with Crippen molar-refractivity contribution in [1.82, 2.24) is 5.48 Å². The Kier molecular flexibility index (Phi) is 6.54. The number of ketones is 2. The minimum absolute atomic E-state index is 0.0104. The zero-order chi connectivity index (χ0) is 26.5. The molecule has 2 aliphatic rings. The largest absolute Gasteiger partial charge is 0.341 e. The monoisotopic (exact) mass is 534 g/mol. The van der Waals surface area contributed by atoms with E-state index in [2.05, 4.69) is 19.9 Å². The number of nitrogens with one attached hydrogen (secondary N) is 3. The lowest BCUT2D eigenvalue weighted by atomic mass is 9.67. The summed E-state index contributed by atoms with van der Waals surface area (Å²) in [4.78, 5) is 27.0. The molecule has 13 heteroatoms. The van der Waals surface area contributed by atoms with Gasteiger partial charge >= 0.3 is 0 Å². The summed E-state index contributed by atoms with van der Waals surface area (Å²) < 4.78 is 55.1. The Hall–Kier alpha value is -3.13. The molecule has 2 unspecified atom stereocenters. The van der Waals surface area contributed by atoms with Crippen LogP contribution in [0.1, 0.15) is 42.6 Å². The molecule has 0 spiro atoms. The summed E-state index contributed by atoms with van der Waals surface area (Å²) >= 11 is 0. The van der Waals surface area contributed by atoms with Crippen LogP contribution in [-0.4, -0.2) is 45.7 Å². The second-order valence-electron chi connectivity index (χ2n) is 9.32. The van der Waals surface area contributed by atoms with E-state index >= 15 is 0 Å². The smallest absolute Gasteiger partial charge is 0.286 e. The molecule has 2 atom stereocenters. The van der Waals surface area contributed by atoms with Gasteiger partial charge in [0.05, 0.1) is 11.9 Å². The van der Waals surface area contributed by atoms with Gasteiger partial charge in [0, 0.05) is 11.3 Å². The number of hydrogen-bond acceptors (Lipinski definition) is 9. The number of benzene rings is 2. The first kappa shape index (κ1) is 25.9. The average molecular weight is 535 g/mol. The molecular weight excluding hydrogens is 508 g/mol. The summed E-state index contributed by atoms with van der Waals surface area (Å²) in [5.41, 5.74) is 1.03. The molecule has 4 rings (SSSR count). The zero-order valence-electron chi connectivity index (χ0n) is 19.8. The highest BCUT2D eigenvalue weighted by Crippen LogP contribution is 2.41. The average Bonchev–Trinajstić information content (AvgIpc) is 2.78. The summed E-state index contributed by atoms with van der Waals surface area (Å²) in [6, 6.07) is 10.1. The van der Waals surface area contributed by atoms with Gasteiger partial charge in [-0.15, -0.1) is 4.40 Å². The number of hydroxylamine groups is 1. The number of carbonyl (C=O) groups is 2. The van der Waals surface area contributed by atoms with Gasteiger partial charge in [-0.05, 0) is 42.5 Å². The Bertz CT molecular complexity index is 1500. The fourth-order valence-electron chi connectivity index (χ4n) is 4.49. The molecule has 192 valence electrons. The number of hydrogen-bond donors (Lipinski definition) is 4. The van der Waals surface area contributed by atoms with Crippen LogP contribution >= 0.6 is 0 Å². The van der Waals surface area contributed by atoms with Crippen molar-refractivity contribution in [2.24, 2.45) is 16.2 Å². The number of amidine groups is 1. The van der Waals surface area contributed by atoms with Crippen LogP contribution in [0.3, 0.4) is 0 Å². The van der Waals surface area contributed by atoms with Crippen molar-refractivity contribution in [1.29, 1.82) is 0 Å². The Morgan fingerprint density at radius 1 is 1.17 bits per heavy atom. The van der Waals surface area contributed by atoms with E-state index in [0.29, 0.717) is 12.0 Å². The van der Waals surface area contributed by atoms with Crippen LogP contribution in [0, 0.1) is 11.8 Å². The van der Waals surface area contributed by atoms with Gasteiger partial charge in [-0.2, -0.15) is 13.9 Å². The Labute approximate surface area is 209 Å². The van der Waals surface area contributed by atoms with Crippen molar-refractivity contribution in [3.63, 3.8) is 0 Å². The Balaban J connectivity index is 1.82. The quantitative estimate of drug-likeness (QED) is 0.307. The molecule has 2 aromatic carbocycles. The molecule has 2 aromatic rings. The third kappa shape index (κ3) is 4.54. The maximum Gasteiger partial charge on any atom is 0.286 e. The van der Waals surface area contributed by atoms with Gasteiger partial charge in [-0.3, -0.25) is 14.3 Å². The molecule has 1 aliphatic carbocycles. The molecule has 0 fully saturated rings. The summed E-state index contributed by atoms with van der Waals surface area (Å²) in [7, 11) is -8.07. The van der Waals surface area contributed by atoms with E-state index < -0.39 is 43.1 Å². The molecule has 0 aromatic heterocycles.